The molecule has 0 unspecified atom stereocenters. The van der Waals surface area contributed by atoms with Crippen LogP contribution in [0.3, 0.4) is 0 Å². The number of benzene rings is 1. The Labute approximate surface area is 84.9 Å². The van der Waals surface area contributed by atoms with Gasteiger partial charge < -0.3 is 4.52 Å². The highest BCUT2D eigenvalue weighted by atomic mass is 16.5. The Hall–Kier alpha value is -1.31. The Balaban J connectivity index is 0.000000461. The van der Waals surface area contributed by atoms with Crippen molar-refractivity contribution in [2.75, 3.05) is 0 Å². The summed E-state index contributed by atoms with van der Waals surface area (Å²) in [5, 5.41) is 5.12. The quantitative estimate of drug-likeness (QED) is 0.686. The average Bonchev–Trinajstić information content (AvgIpc) is 2.62. The Morgan fingerprint density at radius 1 is 1.29 bits per heavy atom. The van der Waals surface area contributed by atoms with Crippen molar-refractivity contribution in [3.8, 4) is 0 Å². The van der Waals surface area contributed by atoms with Crippen LogP contribution in [0, 0.1) is 6.92 Å². The van der Waals surface area contributed by atoms with E-state index in [4.69, 9.17) is 4.52 Å². The highest BCUT2D eigenvalue weighted by molar-refractivity contribution is 5.79. The van der Waals surface area contributed by atoms with Crippen LogP contribution in [0.5, 0.6) is 0 Å². The molecule has 0 aliphatic carbocycles. The molecule has 0 radical (unpaired) electrons. The molecule has 0 saturated carbocycles. The average molecular weight is 191 g/mol. The van der Waals surface area contributed by atoms with E-state index < -0.39 is 0 Å². The third-order valence-electron chi connectivity index (χ3n) is 2.04. The van der Waals surface area contributed by atoms with Gasteiger partial charge in [0.25, 0.3) is 0 Å². The SMILES string of the molecule is CC.CCc1noc2cc(C)ccc12. The molecule has 0 aliphatic rings. The molecule has 1 aromatic heterocycles. The number of hydrogen-bond acceptors (Lipinski definition) is 2. The first-order valence-corrected chi connectivity index (χ1v) is 5.16. The molecule has 2 heteroatoms. The summed E-state index contributed by atoms with van der Waals surface area (Å²) in [5.74, 6) is 0. The van der Waals surface area contributed by atoms with E-state index in [9.17, 15) is 0 Å². The minimum atomic E-state index is 0.895. The number of rotatable bonds is 1. The lowest BCUT2D eigenvalue weighted by atomic mass is 10.1. The van der Waals surface area contributed by atoms with E-state index >= 15 is 0 Å². The summed E-state index contributed by atoms with van der Waals surface area (Å²) in [6.45, 7) is 8.13. The molecule has 0 amide bonds. The molecule has 0 spiro atoms. The van der Waals surface area contributed by atoms with Crippen molar-refractivity contribution in [1.29, 1.82) is 0 Å². The maximum absolute atomic E-state index is 5.17. The first kappa shape index (κ1) is 10.8. The van der Waals surface area contributed by atoms with Gasteiger partial charge in [0.05, 0.1) is 5.69 Å². The monoisotopic (exact) mass is 191 g/mol. The second-order valence-electron chi connectivity index (χ2n) is 2.98. The van der Waals surface area contributed by atoms with Crippen LogP contribution in [0.25, 0.3) is 11.0 Å². The molecule has 0 fully saturated rings. The highest BCUT2D eigenvalue weighted by Gasteiger charge is 2.04. The maximum atomic E-state index is 5.17. The molecule has 14 heavy (non-hydrogen) atoms. The largest absolute Gasteiger partial charge is 0.356 e. The predicted molar refractivity (Wildman–Crippen MR) is 59.5 cm³/mol. The third kappa shape index (κ3) is 1.95. The fourth-order valence-corrected chi connectivity index (χ4v) is 1.35. The second-order valence-corrected chi connectivity index (χ2v) is 2.98. The van der Waals surface area contributed by atoms with Gasteiger partial charge in [-0.25, -0.2) is 0 Å². The summed E-state index contributed by atoms with van der Waals surface area (Å²) in [6, 6.07) is 6.17. The summed E-state index contributed by atoms with van der Waals surface area (Å²) in [6.07, 6.45) is 0.927. The Kier molecular flexibility index (Phi) is 3.69. The van der Waals surface area contributed by atoms with Crippen molar-refractivity contribution in [1.82, 2.24) is 5.16 Å². The van der Waals surface area contributed by atoms with Crippen LogP contribution in [0.1, 0.15) is 32.0 Å². The topological polar surface area (TPSA) is 26.0 Å². The molecule has 0 N–H and O–H groups in total. The van der Waals surface area contributed by atoms with Crippen molar-refractivity contribution in [2.24, 2.45) is 0 Å². The van der Waals surface area contributed by atoms with Crippen molar-refractivity contribution < 1.29 is 4.52 Å². The summed E-state index contributed by atoms with van der Waals surface area (Å²) < 4.78 is 5.17. The number of fused-ring (bicyclic) bond motifs is 1. The first-order chi connectivity index (χ1) is 6.81. The number of aryl methyl sites for hydroxylation is 2. The van der Waals surface area contributed by atoms with Crippen LogP contribution in [-0.4, -0.2) is 5.16 Å². The zero-order chi connectivity index (χ0) is 10.6. The van der Waals surface area contributed by atoms with Crippen molar-refractivity contribution in [3.05, 3.63) is 29.5 Å². The summed E-state index contributed by atoms with van der Waals surface area (Å²) >= 11 is 0. The van der Waals surface area contributed by atoms with Gasteiger partial charge in [0.1, 0.15) is 0 Å². The van der Waals surface area contributed by atoms with Crippen molar-refractivity contribution in [3.63, 3.8) is 0 Å². The molecule has 76 valence electrons. The van der Waals surface area contributed by atoms with E-state index in [1.807, 2.05) is 26.8 Å². The normalized spacial score (nSPS) is 9.71. The number of nitrogens with zero attached hydrogens (tertiary/aromatic N) is 1. The molecule has 0 bridgehead atoms. The molecule has 2 aromatic rings. The van der Waals surface area contributed by atoms with Crippen LogP contribution < -0.4 is 0 Å². The molecule has 0 aliphatic heterocycles. The Bertz CT molecular complexity index is 404. The smallest absolute Gasteiger partial charge is 0.167 e. The molecule has 1 aromatic carbocycles. The van der Waals surface area contributed by atoms with Crippen LogP contribution in [0.15, 0.2) is 22.7 Å². The molecule has 2 nitrogen and oxygen atoms in total. The second kappa shape index (κ2) is 4.80. The van der Waals surface area contributed by atoms with Crippen LogP contribution >= 0.6 is 0 Å². The molecule has 0 saturated heterocycles. The van der Waals surface area contributed by atoms with E-state index in [0.717, 1.165) is 23.1 Å². The Morgan fingerprint density at radius 2 is 2.00 bits per heavy atom. The highest BCUT2D eigenvalue weighted by Crippen LogP contribution is 2.19. The van der Waals surface area contributed by atoms with Gasteiger partial charge in [-0.1, -0.05) is 32.0 Å². The number of aromatic nitrogens is 1. The molecular weight excluding hydrogens is 174 g/mol. The number of hydrogen-bond donors (Lipinski definition) is 0. The van der Waals surface area contributed by atoms with E-state index in [1.54, 1.807) is 0 Å². The Morgan fingerprint density at radius 3 is 2.64 bits per heavy atom. The van der Waals surface area contributed by atoms with Crippen LogP contribution in [0.2, 0.25) is 0 Å². The molecular formula is C12H17NO. The van der Waals surface area contributed by atoms with Gasteiger partial charge in [-0.2, -0.15) is 0 Å². The van der Waals surface area contributed by atoms with Crippen molar-refractivity contribution >= 4 is 11.0 Å². The fourth-order valence-electron chi connectivity index (χ4n) is 1.35. The third-order valence-corrected chi connectivity index (χ3v) is 2.04. The molecule has 0 atom stereocenters. The van der Waals surface area contributed by atoms with Gasteiger partial charge in [-0.05, 0) is 31.0 Å². The summed E-state index contributed by atoms with van der Waals surface area (Å²) in [7, 11) is 0. The van der Waals surface area contributed by atoms with Gasteiger partial charge >= 0.3 is 0 Å². The van der Waals surface area contributed by atoms with E-state index in [2.05, 4.69) is 24.2 Å². The standard InChI is InChI=1S/C10H11NO.C2H6/c1-3-9-8-5-4-7(2)6-10(8)12-11-9;1-2/h4-6H,3H2,1-2H3;1-2H3. The predicted octanol–water partition coefficient (Wildman–Crippen LogP) is 3.72. The van der Waals surface area contributed by atoms with E-state index in [1.165, 1.54) is 5.56 Å². The molecule has 1 heterocycles. The van der Waals surface area contributed by atoms with E-state index in [-0.39, 0.29) is 0 Å². The first-order valence-electron chi connectivity index (χ1n) is 5.16. The lowest BCUT2D eigenvalue weighted by Gasteiger charge is -1.90. The lowest BCUT2D eigenvalue weighted by molar-refractivity contribution is 0.447. The summed E-state index contributed by atoms with van der Waals surface area (Å²) in [5.41, 5.74) is 3.15. The lowest BCUT2D eigenvalue weighted by Crippen LogP contribution is -1.78. The van der Waals surface area contributed by atoms with Gasteiger partial charge in [-0.3, -0.25) is 0 Å². The summed E-state index contributed by atoms with van der Waals surface area (Å²) in [4.78, 5) is 0. The fraction of sp³-hybridized carbons (Fsp3) is 0.417. The van der Waals surface area contributed by atoms with E-state index in [0.29, 0.717) is 0 Å². The molecule has 2 rings (SSSR count). The van der Waals surface area contributed by atoms with Crippen molar-refractivity contribution in [2.45, 2.75) is 34.1 Å². The van der Waals surface area contributed by atoms with Gasteiger partial charge in [0.15, 0.2) is 5.58 Å². The van der Waals surface area contributed by atoms with Crippen LogP contribution in [-0.2, 0) is 6.42 Å². The van der Waals surface area contributed by atoms with Gasteiger partial charge in [-0.15, -0.1) is 0 Å². The minimum Gasteiger partial charge on any atom is -0.356 e. The van der Waals surface area contributed by atoms with Crippen LogP contribution in [0.4, 0.5) is 0 Å². The maximum Gasteiger partial charge on any atom is 0.167 e. The zero-order valence-corrected chi connectivity index (χ0v) is 9.29. The minimum absolute atomic E-state index is 0.895. The zero-order valence-electron chi connectivity index (χ0n) is 9.29. The van der Waals surface area contributed by atoms with Gasteiger partial charge in [0.2, 0.25) is 0 Å². The van der Waals surface area contributed by atoms with Gasteiger partial charge in [0, 0.05) is 5.39 Å².